The zero-order chi connectivity index (χ0) is 15.2. The van der Waals surface area contributed by atoms with Crippen molar-refractivity contribution in [2.24, 2.45) is 0 Å². The lowest BCUT2D eigenvalue weighted by molar-refractivity contribution is -0.120. The second kappa shape index (κ2) is 6.99. The summed E-state index contributed by atoms with van der Waals surface area (Å²) in [5.74, 6) is 0.387. The van der Waals surface area contributed by atoms with Crippen molar-refractivity contribution in [3.63, 3.8) is 0 Å². The zero-order valence-corrected chi connectivity index (χ0v) is 12.4. The number of methoxy groups -OCH3 is 1. The van der Waals surface area contributed by atoms with Crippen molar-refractivity contribution in [1.29, 1.82) is 0 Å². The molecule has 0 spiro atoms. The fraction of sp³-hybridized carbons (Fsp3) is 0.188. The molecule has 0 bridgehead atoms. The van der Waals surface area contributed by atoms with E-state index in [2.05, 4.69) is 5.32 Å². The molecule has 0 aliphatic rings. The lowest BCUT2D eigenvalue weighted by Crippen LogP contribution is -2.24. The Morgan fingerprint density at radius 2 is 1.86 bits per heavy atom. The molecule has 0 saturated heterocycles. The maximum Gasteiger partial charge on any atom is 0.224 e. The largest absolute Gasteiger partial charge is 0.504 e. The Labute approximate surface area is 128 Å². The number of ether oxygens (including phenoxy) is 1. The third-order valence-corrected chi connectivity index (χ3v) is 3.26. The number of halogens is 1. The number of phenols is 1. The molecule has 2 rings (SSSR count). The summed E-state index contributed by atoms with van der Waals surface area (Å²) in [7, 11) is 1.48. The van der Waals surface area contributed by atoms with Crippen molar-refractivity contribution in [1.82, 2.24) is 5.32 Å². The number of amides is 1. The number of hydrogen-bond acceptors (Lipinski definition) is 3. The average molecular weight is 306 g/mol. The number of carbonyl (C=O) groups is 1. The fourth-order valence-corrected chi connectivity index (χ4v) is 2.01. The first-order chi connectivity index (χ1) is 10.1. The van der Waals surface area contributed by atoms with Gasteiger partial charge in [0.1, 0.15) is 0 Å². The molecule has 5 heteroatoms. The van der Waals surface area contributed by atoms with Crippen molar-refractivity contribution in [3.05, 3.63) is 58.6 Å². The van der Waals surface area contributed by atoms with Crippen LogP contribution in [0.4, 0.5) is 0 Å². The van der Waals surface area contributed by atoms with Gasteiger partial charge in [-0.3, -0.25) is 4.79 Å². The minimum Gasteiger partial charge on any atom is -0.504 e. The van der Waals surface area contributed by atoms with Crippen LogP contribution in [0.2, 0.25) is 5.02 Å². The van der Waals surface area contributed by atoms with E-state index in [1.54, 1.807) is 30.3 Å². The molecule has 0 radical (unpaired) electrons. The standard InChI is InChI=1S/C16H16ClNO3/c1-21-15-8-12(4-7-14(15)19)10-18-16(20)9-11-2-5-13(17)6-3-11/h2-8,19H,9-10H2,1H3,(H,18,20). The molecular formula is C16H16ClNO3. The van der Waals surface area contributed by atoms with E-state index in [4.69, 9.17) is 16.3 Å². The highest BCUT2D eigenvalue weighted by atomic mass is 35.5. The summed E-state index contributed by atoms with van der Waals surface area (Å²) in [4.78, 5) is 11.9. The molecule has 2 aromatic carbocycles. The van der Waals surface area contributed by atoms with Crippen LogP contribution in [0, 0.1) is 0 Å². The van der Waals surface area contributed by atoms with Crippen molar-refractivity contribution in [2.75, 3.05) is 7.11 Å². The molecule has 21 heavy (non-hydrogen) atoms. The van der Waals surface area contributed by atoms with Gasteiger partial charge < -0.3 is 15.2 Å². The summed E-state index contributed by atoms with van der Waals surface area (Å²) in [6.07, 6.45) is 0.298. The van der Waals surface area contributed by atoms with Gasteiger partial charge in [0.2, 0.25) is 5.91 Å². The van der Waals surface area contributed by atoms with E-state index < -0.39 is 0 Å². The van der Waals surface area contributed by atoms with Crippen molar-refractivity contribution < 1.29 is 14.6 Å². The van der Waals surface area contributed by atoms with Crippen LogP contribution in [0.1, 0.15) is 11.1 Å². The second-order valence-electron chi connectivity index (χ2n) is 4.59. The van der Waals surface area contributed by atoms with Gasteiger partial charge in [0.15, 0.2) is 11.5 Å². The molecule has 110 valence electrons. The van der Waals surface area contributed by atoms with E-state index in [1.165, 1.54) is 7.11 Å². The lowest BCUT2D eigenvalue weighted by atomic mass is 10.1. The Hall–Kier alpha value is -2.20. The molecule has 0 unspecified atom stereocenters. The summed E-state index contributed by atoms with van der Waals surface area (Å²) in [6.45, 7) is 0.378. The minimum atomic E-state index is -0.0793. The second-order valence-corrected chi connectivity index (χ2v) is 5.02. The van der Waals surface area contributed by atoms with Crippen LogP contribution < -0.4 is 10.1 Å². The minimum absolute atomic E-state index is 0.0775. The van der Waals surface area contributed by atoms with E-state index in [9.17, 15) is 9.90 Å². The lowest BCUT2D eigenvalue weighted by Gasteiger charge is -2.08. The van der Waals surface area contributed by atoms with Gasteiger partial charge >= 0.3 is 0 Å². The van der Waals surface area contributed by atoms with Crippen molar-refractivity contribution in [2.45, 2.75) is 13.0 Å². The summed E-state index contributed by atoms with van der Waals surface area (Å²) in [5, 5.41) is 13.0. The van der Waals surface area contributed by atoms with E-state index in [1.807, 2.05) is 12.1 Å². The van der Waals surface area contributed by atoms with Gasteiger partial charge in [0, 0.05) is 11.6 Å². The van der Waals surface area contributed by atoms with Crippen LogP contribution in [0.5, 0.6) is 11.5 Å². The van der Waals surface area contributed by atoms with Crippen LogP contribution >= 0.6 is 11.6 Å². The fourth-order valence-electron chi connectivity index (χ4n) is 1.88. The van der Waals surface area contributed by atoms with Crippen molar-refractivity contribution in [3.8, 4) is 11.5 Å². The zero-order valence-electron chi connectivity index (χ0n) is 11.6. The van der Waals surface area contributed by atoms with Crippen LogP contribution in [-0.2, 0) is 17.8 Å². The van der Waals surface area contributed by atoms with Gasteiger partial charge in [0.05, 0.1) is 13.5 Å². The van der Waals surface area contributed by atoms with Crippen LogP contribution in [0.3, 0.4) is 0 Å². The predicted octanol–water partition coefficient (Wildman–Crippen LogP) is 2.91. The Morgan fingerprint density at radius 3 is 2.52 bits per heavy atom. The molecular weight excluding hydrogens is 290 g/mol. The molecule has 0 heterocycles. The molecule has 2 N–H and O–H groups in total. The molecule has 1 amide bonds. The number of carbonyl (C=O) groups excluding carboxylic acids is 1. The first-order valence-corrected chi connectivity index (χ1v) is 6.83. The SMILES string of the molecule is COc1cc(CNC(=O)Cc2ccc(Cl)cc2)ccc1O. The van der Waals surface area contributed by atoms with Crippen LogP contribution in [0.25, 0.3) is 0 Å². The Balaban J connectivity index is 1.90. The number of phenolic OH excluding ortho intramolecular Hbond substituents is 1. The van der Waals surface area contributed by atoms with E-state index in [0.29, 0.717) is 23.7 Å². The smallest absolute Gasteiger partial charge is 0.224 e. The summed E-state index contributed by atoms with van der Waals surface area (Å²) in [6, 6.07) is 12.1. The third-order valence-electron chi connectivity index (χ3n) is 3.01. The number of hydrogen-bond donors (Lipinski definition) is 2. The Kier molecular flexibility index (Phi) is 5.06. The molecule has 0 atom stereocenters. The van der Waals surface area contributed by atoms with E-state index >= 15 is 0 Å². The topological polar surface area (TPSA) is 58.6 Å². The normalized spacial score (nSPS) is 10.2. The number of nitrogens with one attached hydrogen (secondary N) is 1. The maximum atomic E-state index is 11.9. The molecule has 0 saturated carbocycles. The highest BCUT2D eigenvalue weighted by Crippen LogP contribution is 2.26. The summed E-state index contributed by atoms with van der Waals surface area (Å²) < 4.78 is 5.02. The molecule has 4 nitrogen and oxygen atoms in total. The van der Waals surface area contributed by atoms with Gasteiger partial charge in [-0.25, -0.2) is 0 Å². The number of aromatic hydroxyl groups is 1. The Morgan fingerprint density at radius 1 is 1.19 bits per heavy atom. The van der Waals surface area contributed by atoms with Crippen LogP contribution in [-0.4, -0.2) is 18.1 Å². The highest BCUT2D eigenvalue weighted by molar-refractivity contribution is 6.30. The Bertz CT molecular complexity index is 626. The summed E-state index contributed by atoms with van der Waals surface area (Å²) >= 11 is 5.80. The van der Waals surface area contributed by atoms with Gasteiger partial charge in [-0.2, -0.15) is 0 Å². The van der Waals surface area contributed by atoms with Crippen molar-refractivity contribution >= 4 is 17.5 Å². The molecule has 0 aliphatic heterocycles. The monoisotopic (exact) mass is 305 g/mol. The van der Waals surface area contributed by atoms with E-state index in [0.717, 1.165) is 11.1 Å². The maximum absolute atomic E-state index is 11.9. The molecule has 0 fully saturated rings. The predicted molar refractivity (Wildman–Crippen MR) is 81.7 cm³/mol. The first kappa shape index (κ1) is 15.2. The van der Waals surface area contributed by atoms with E-state index in [-0.39, 0.29) is 11.7 Å². The molecule has 0 aliphatic carbocycles. The van der Waals surface area contributed by atoms with Crippen LogP contribution in [0.15, 0.2) is 42.5 Å². The van der Waals surface area contributed by atoms with Gasteiger partial charge in [-0.15, -0.1) is 0 Å². The number of rotatable bonds is 5. The summed E-state index contributed by atoms with van der Waals surface area (Å²) in [5.41, 5.74) is 1.76. The molecule has 0 aromatic heterocycles. The number of benzene rings is 2. The van der Waals surface area contributed by atoms with Gasteiger partial charge in [0.25, 0.3) is 0 Å². The third kappa shape index (κ3) is 4.39. The highest BCUT2D eigenvalue weighted by Gasteiger charge is 2.06. The van der Waals surface area contributed by atoms with Gasteiger partial charge in [-0.05, 0) is 35.4 Å². The average Bonchev–Trinajstić information content (AvgIpc) is 2.49. The molecule has 2 aromatic rings. The van der Waals surface area contributed by atoms with Gasteiger partial charge in [-0.1, -0.05) is 29.8 Å². The quantitative estimate of drug-likeness (QED) is 0.893. The first-order valence-electron chi connectivity index (χ1n) is 6.45.